The number of rotatable bonds is 5. The zero-order chi connectivity index (χ0) is 12.1. The maximum absolute atomic E-state index is 10.7. The van der Waals surface area contributed by atoms with Crippen molar-refractivity contribution < 1.29 is 4.79 Å². The summed E-state index contributed by atoms with van der Waals surface area (Å²) in [5.41, 5.74) is 2.11. The third kappa shape index (κ3) is 2.75. The lowest BCUT2D eigenvalue weighted by Gasteiger charge is -1.96. The Morgan fingerprint density at radius 3 is 3.06 bits per heavy atom. The molecule has 0 saturated carbocycles. The zero-order valence-electron chi connectivity index (χ0n) is 9.71. The molecule has 0 saturated heterocycles. The molecular formula is C12H14N4O. The molecule has 17 heavy (non-hydrogen) atoms. The molecule has 5 nitrogen and oxygen atoms in total. The van der Waals surface area contributed by atoms with Gasteiger partial charge in [-0.25, -0.2) is 0 Å². The molecule has 0 atom stereocenters. The highest BCUT2D eigenvalue weighted by Crippen LogP contribution is 2.15. The van der Waals surface area contributed by atoms with Gasteiger partial charge in [0.15, 0.2) is 6.29 Å². The predicted octanol–water partition coefficient (Wildman–Crippen LogP) is 1.95. The van der Waals surface area contributed by atoms with Crippen LogP contribution in [-0.4, -0.2) is 26.3 Å². The van der Waals surface area contributed by atoms with E-state index >= 15 is 0 Å². The normalized spacial score (nSPS) is 10.4. The molecule has 2 rings (SSSR count). The Balaban J connectivity index is 2.20. The summed E-state index contributed by atoms with van der Waals surface area (Å²) in [5.74, 6) is 0. The molecule has 0 spiro atoms. The number of carbonyl (C=O) groups is 1. The SMILES string of the molecule is CCCCn1cc(-c2cncc(C=O)c2)nn1. The molecule has 0 fully saturated rings. The summed E-state index contributed by atoms with van der Waals surface area (Å²) in [5, 5.41) is 8.11. The lowest BCUT2D eigenvalue weighted by atomic mass is 10.2. The Kier molecular flexibility index (Phi) is 3.59. The zero-order valence-corrected chi connectivity index (χ0v) is 9.71. The first-order valence-corrected chi connectivity index (χ1v) is 5.64. The third-order valence-electron chi connectivity index (χ3n) is 2.47. The minimum atomic E-state index is 0.547. The molecular weight excluding hydrogens is 216 g/mol. The maximum Gasteiger partial charge on any atom is 0.151 e. The van der Waals surface area contributed by atoms with Crippen LogP contribution in [0.25, 0.3) is 11.3 Å². The lowest BCUT2D eigenvalue weighted by molar-refractivity contribution is 0.112. The van der Waals surface area contributed by atoms with Crippen LogP contribution in [-0.2, 0) is 6.54 Å². The summed E-state index contributed by atoms with van der Waals surface area (Å²) in [4.78, 5) is 14.7. The highest BCUT2D eigenvalue weighted by molar-refractivity contribution is 5.77. The van der Waals surface area contributed by atoms with E-state index in [-0.39, 0.29) is 0 Å². The average molecular weight is 230 g/mol. The Morgan fingerprint density at radius 1 is 1.41 bits per heavy atom. The standard InChI is InChI=1S/C12H14N4O/c1-2-3-4-16-8-12(14-15-16)11-5-10(9-17)6-13-7-11/h5-9H,2-4H2,1H3. The molecule has 0 aliphatic heterocycles. The van der Waals surface area contributed by atoms with Crippen LogP contribution in [0.5, 0.6) is 0 Å². The van der Waals surface area contributed by atoms with E-state index in [1.54, 1.807) is 12.3 Å². The van der Waals surface area contributed by atoms with E-state index in [2.05, 4.69) is 22.2 Å². The molecule has 0 N–H and O–H groups in total. The van der Waals surface area contributed by atoms with Crippen molar-refractivity contribution in [2.75, 3.05) is 0 Å². The number of aldehydes is 1. The van der Waals surface area contributed by atoms with Gasteiger partial charge >= 0.3 is 0 Å². The van der Waals surface area contributed by atoms with E-state index in [1.807, 2.05) is 10.9 Å². The van der Waals surface area contributed by atoms with Gasteiger partial charge in [0.05, 0.1) is 6.20 Å². The van der Waals surface area contributed by atoms with Crippen LogP contribution in [0.4, 0.5) is 0 Å². The van der Waals surface area contributed by atoms with Gasteiger partial charge < -0.3 is 0 Å². The van der Waals surface area contributed by atoms with Crippen LogP contribution in [0, 0.1) is 0 Å². The second-order valence-corrected chi connectivity index (χ2v) is 3.85. The first kappa shape index (κ1) is 11.4. The number of pyridine rings is 1. The third-order valence-corrected chi connectivity index (χ3v) is 2.47. The number of aromatic nitrogens is 4. The number of unbranched alkanes of at least 4 members (excludes halogenated alkanes) is 1. The van der Waals surface area contributed by atoms with Gasteiger partial charge in [0.2, 0.25) is 0 Å². The second-order valence-electron chi connectivity index (χ2n) is 3.85. The quantitative estimate of drug-likeness (QED) is 0.736. The predicted molar refractivity (Wildman–Crippen MR) is 63.5 cm³/mol. The fourth-order valence-corrected chi connectivity index (χ4v) is 1.52. The van der Waals surface area contributed by atoms with Gasteiger partial charge in [-0.1, -0.05) is 18.6 Å². The van der Waals surface area contributed by atoms with Gasteiger partial charge in [-0.3, -0.25) is 14.5 Å². The fourth-order valence-electron chi connectivity index (χ4n) is 1.52. The van der Waals surface area contributed by atoms with E-state index in [4.69, 9.17) is 0 Å². The molecule has 0 aromatic carbocycles. The summed E-state index contributed by atoms with van der Waals surface area (Å²) in [7, 11) is 0. The number of hydrogen-bond donors (Lipinski definition) is 0. The van der Waals surface area contributed by atoms with E-state index in [0.29, 0.717) is 5.56 Å². The van der Waals surface area contributed by atoms with Crippen LogP contribution in [0.15, 0.2) is 24.7 Å². The highest BCUT2D eigenvalue weighted by Gasteiger charge is 2.04. The van der Waals surface area contributed by atoms with Crippen molar-refractivity contribution in [2.24, 2.45) is 0 Å². The van der Waals surface area contributed by atoms with Gasteiger partial charge in [-0.15, -0.1) is 5.10 Å². The number of carbonyl (C=O) groups excluding carboxylic acids is 1. The summed E-state index contributed by atoms with van der Waals surface area (Å²) >= 11 is 0. The Labute approximate surface area is 99.5 Å². The van der Waals surface area contributed by atoms with Crippen molar-refractivity contribution in [2.45, 2.75) is 26.3 Å². The summed E-state index contributed by atoms with van der Waals surface area (Å²) in [6.45, 7) is 3.00. The molecule has 0 unspecified atom stereocenters. The minimum absolute atomic E-state index is 0.547. The fraction of sp³-hybridized carbons (Fsp3) is 0.333. The molecule has 2 aromatic heterocycles. The van der Waals surface area contributed by atoms with E-state index in [1.165, 1.54) is 6.20 Å². The number of hydrogen-bond acceptors (Lipinski definition) is 4. The Hall–Kier alpha value is -2.04. The van der Waals surface area contributed by atoms with Gasteiger partial charge in [0.1, 0.15) is 5.69 Å². The summed E-state index contributed by atoms with van der Waals surface area (Å²) < 4.78 is 1.81. The molecule has 0 radical (unpaired) electrons. The molecule has 0 aliphatic carbocycles. The average Bonchev–Trinajstić information content (AvgIpc) is 2.85. The molecule has 0 amide bonds. The topological polar surface area (TPSA) is 60.7 Å². The maximum atomic E-state index is 10.7. The summed E-state index contributed by atoms with van der Waals surface area (Å²) in [6, 6.07) is 1.76. The molecule has 88 valence electrons. The van der Waals surface area contributed by atoms with Crippen molar-refractivity contribution in [3.05, 3.63) is 30.2 Å². The second kappa shape index (κ2) is 5.34. The van der Waals surface area contributed by atoms with Gasteiger partial charge in [-0.2, -0.15) is 0 Å². The van der Waals surface area contributed by atoms with Crippen LogP contribution < -0.4 is 0 Å². The number of aryl methyl sites for hydroxylation is 1. The van der Waals surface area contributed by atoms with Crippen molar-refractivity contribution in [1.82, 2.24) is 20.0 Å². The Morgan fingerprint density at radius 2 is 2.29 bits per heavy atom. The van der Waals surface area contributed by atoms with Crippen molar-refractivity contribution in [1.29, 1.82) is 0 Å². The lowest BCUT2D eigenvalue weighted by Crippen LogP contribution is -1.97. The van der Waals surface area contributed by atoms with Gasteiger partial charge in [-0.05, 0) is 12.5 Å². The Bertz CT molecular complexity index is 507. The monoisotopic (exact) mass is 230 g/mol. The van der Waals surface area contributed by atoms with Crippen molar-refractivity contribution in [3.63, 3.8) is 0 Å². The molecule has 2 heterocycles. The molecule has 2 aromatic rings. The van der Waals surface area contributed by atoms with Crippen LogP contribution >= 0.6 is 0 Å². The summed E-state index contributed by atoms with van der Waals surface area (Å²) in [6.07, 6.45) is 8.06. The molecule has 5 heteroatoms. The first-order chi connectivity index (χ1) is 8.33. The van der Waals surface area contributed by atoms with Crippen molar-refractivity contribution >= 4 is 6.29 Å². The van der Waals surface area contributed by atoms with E-state index in [9.17, 15) is 4.79 Å². The molecule has 0 bridgehead atoms. The van der Waals surface area contributed by atoms with Gasteiger partial charge in [0.25, 0.3) is 0 Å². The van der Waals surface area contributed by atoms with Crippen LogP contribution in [0.1, 0.15) is 30.1 Å². The minimum Gasteiger partial charge on any atom is -0.298 e. The van der Waals surface area contributed by atoms with Crippen LogP contribution in [0.3, 0.4) is 0 Å². The number of nitrogens with zero attached hydrogens (tertiary/aromatic N) is 4. The van der Waals surface area contributed by atoms with E-state index in [0.717, 1.165) is 36.9 Å². The largest absolute Gasteiger partial charge is 0.298 e. The van der Waals surface area contributed by atoms with E-state index < -0.39 is 0 Å². The van der Waals surface area contributed by atoms with Gasteiger partial charge in [0, 0.05) is 30.1 Å². The van der Waals surface area contributed by atoms with Crippen LogP contribution in [0.2, 0.25) is 0 Å². The molecule has 0 aliphatic rings. The van der Waals surface area contributed by atoms with Crippen molar-refractivity contribution in [3.8, 4) is 11.3 Å². The highest BCUT2D eigenvalue weighted by atomic mass is 16.1. The smallest absolute Gasteiger partial charge is 0.151 e. The first-order valence-electron chi connectivity index (χ1n) is 5.64.